The zero-order chi connectivity index (χ0) is 40.4. The summed E-state index contributed by atoms with van der Waals surface area (Å²) in [6.45, 7) is 0. The Kier molecular flexibility index (Phi) is 4.60. The molecule has 7 aromatic carbocycles. The molecule has 0 aliphatic rings. The van der Waals surface area contributed by atoms with Crippen molar-refractivity contribution < 1.29 is 15.4 Å². The van der Waals surface area contributed by atoms with Gasteiger partial charge in [0.1, 0.15) is 11.2 Å². The topological polar surface area (TPSA) is 56.7 Å². The lowest BCUT2D eigenvalue weighted by Crippen LogP contribution is -2.06. The molecule has 238 valence electrons. The predicted molar refractivity (Wildman–Crippen MR) is 211 cm³/mol. The van der Waals surface area contributed by atoms with Crippen molar-refractivity contribution in [2.24, 2.45) is 0 Å². The Hall–Kier alpha value is -6.63. The molecule has 0 amide bonds. The fourth-order valence-corrected chi connectivity index (χ4v) is 8.36. The van der Waals surface area contributed by atoms with Gasteiger partial charge in [-0.3, -0.25) is 4.57 Å². The van der Waals surface area contributed by atoms with Crippen LogP contribution in [-0.2, 0) is 0 Å². The van der Waals surface area contributed by atoms with Crippen LogP contribution in [0.15, 0.2) is 162 Å². The van der Waals surface area contributed by atoms with Crippen molar-refractivity contribution in [2.75, 3.05) is 0 Å². The van der Waals surface area contributed by atoms with Gasteiger partial charge in [0.2, 0.25) is 5.95 Å². The van der Waals surface area contributed by atoms with E-state index in [2.05, 4.69) is 48.5 Å². The van der Waals surface area contributed by atoms with Crippen molar-refractivity contribution in [1.29, 1.82) is 0 Å². The average molecular weight is 679 g/mol. The van der Waals surface area contributed by atoms with Gasteiger partial charge in [-0.25, -0.2) is 4.98 Å². The molecule has 0 N–H and O–H groups in total. The summed E-state index contributed by atoms with van der Waals surface area (Å²) < 4.78 is 80.5. The van der Waals surface area contributed by atoms with Gasteiger partial charge in [-0.15, -0.1) is 11.3 Å². The second kappa shape index (κ2) is 10.9. The van der Waals surface area contributed by atoms with E-state index in [4.69, 9.17) is 30.3 Å². The third-order valence-corrected chi connectivity index (χ3v) is 10.6. The molecular formula is C45H26N4OS. The highest BCUT2D eigenvalue weighted by Crippen LogP contribution is 2.45. The fraction of sp³-hybridized carbons (Fsp3) is 0. The van der Waals surface area contributed by atoms with Crippen LogP contribution >= 0.6 is 11.3 Å². The largest absolute Gasteiger partial charge is 0.455 e. The SMILES string of the molecule is [2H]c1c([2H])c([2H])c2c(c1[2H])c1c([2H])c([2H])c([2H])c([2H])c1n2-c1nc(-c2ccccc2)nc(-c2cccc3c2oc2cccc(-c4cccc5c4sc4ccccc45)c23)n1. The zero-order valence-electron chi connectivity index (χ0n) is 34.5. The Morgan fingerprint density at radius 2 is 1.18 bits per heavy atom. The third-order valence-electron chi connectivity index (χ3n) is 9.35. The normalized spacial score (nSPS) is 14.1. The second-order valence-electron chi connectivity index (χ2n) is 12.2. The summed E-state index contributed by atoms with van der Waals surface area (Å²) >= 11 is 1.75. The highest BCUT2D eigenvalue weighted by molar-refractivity contribution is 7.26. The monoisotopic (exact) mass is 678 g/mol. The van der Waals surface area contributed by atoms with Gasteiger partial charge >= 0.3 is 0 Å². The summed E-state index contributed by atoms with van der Waals surface area (Å²) in [4.78, 5) is 14.8. The number of hydrogen-bond acceptors (Lipinski definition) is 5. The number of thiophene rings is 1. The van der Waals surface area contributed by atoms with Crippen molar-refractivity contribution in [3.63, 3.8) is 0 Å². The maximum atomic E-state index is 9.06. The summed E-state index contributed by atoms with van der Waals surface area (Å²) in [5, 5.41) is 3.99. The highest BCUT2D eigenvalue weighted by atomic mass is 32.1. The minimum atomic E-state index is -0.534. The second-order valence-corrected chi connectivity index (χ2v) is 13.2. The first-order valence-electron chi connectivity index (χ1n) is 20.3. The number of benzene rings is 7. The Morgan fingerprint density at radius 1 is 0.529 bits per heavy atom. The number of fused-ring (bicyclic) bond motifs is 9. The van der Waals surface area contributed by atoms with Crippen LogP contribution in [0.5, 0.6) is 0 Å². The smallest absolute Gasteiger partial charge is 0.238 e. The van der Waals surface area contributed by atoms with Crippen molar-refractivity contribution in [2.45, 2.75) is 0 Å². The number of furan rings is 1. The van der Waals surface area contributed by atoms with E-state index in [1.807, 2.05) is 60.7 Å². The lowest BCUT2D eigenvalue weighted by molar-refractivity contribution is 0.669. The van der Waals surface area contributed by atoms with Crippen molar-refractivity contribution >= 4 is 75.3 Å². The van der Waals surface area contributed by atoms with E-state index < -0.39 is 48.3 Å². The van der Waals surface area contributed by atoms with Gasteiger partial charge in [-0.1, -0.05) is 127 Å². The lowest BCUT2D eigenvalue weighted by atomic mass is 9.97. The summed E-state index contributed by atoms with van der Waals surface area (Å²) in [7, 11) is 0. The van der Waals surface area contributed by atoms with Crippen LogP contribution < -0.4 is 0 Å². The van der Waals surface area contributed by atoms with Gasteiger partial charge in [-0.05, 0) is 35.8 Å². The van der Waals surface area contributed by atoms with Gasteiger partial charge in [0.15, 0.2) is 11.6 Å². The van der Waals surface area contributed by atoms with E-state index in [1.165, 1.54) is 24.7 Å². The minimum Gasteiger partial charge on any atom is -0.455 e. The molecule has 4 heterocycles. The molecule has 0 fully saturated rings. The molecule has 0 saturated heterocycles. The Labute approximate surface area is 307 Å². The van der Waals surface area contributed by atoms with Gasteiger partial charge in [-0.2, -0.15) is 9.97 Å². The molecule has 0 aliphatic carbocycles. The van der Waals surface area contributed by atoms with E-state index in [0.717, 1.165) is 21.9 Å². The standard InChI is InChI=1S/C45H26N4OS/c1-2-13-27(14-3-1)43-46-44(48-45(47-43)49-36-23-7-4-15-28(36)29-16-5-8-24-37(29)49)35-22-11-21-34-40-31(18-12-25-38(40)50-41(34)35)33-20-10-19-32-30-17-6-9-26-39(30)51-42(32)33/h1-26H/i4D,5D,7D,8D,15D,16D,23D,24D. The van der Waals surface area contributed by atoms with Crippen molar-refractivity contribution in [1.82, 2.24) is 19.5 Å². The minimum absolute atomic E-state index is 0.0678. The van der Waals surface area contributed by atoms with Crippen LogP contribution in [0.1, 0.15) is 11.0 Å². The molecule has 0 atom stereocenters. The Morgan fingerprint density at radius 3 is 2.00 bits per heavy atom. The van der Waals surface area contributed by atoms with Crippen LogP contribution in [-0.4, -0.2) is 19.5 Å². The fourth-order valence-electron chi connectivity index (χ4n) is 7.13. The van der Waals surface area contributed by atoms with Crippen LogP contribution in [0.25, 0.3) is 104 Å². The maximum absolute atomic E-state index is 9.06. The summed E-state index contributed by atoms with van der Waals surface area (Å²) in [6.07, 6.45) is 0. The quantitative estimate of drug-likeness (QED) is 0.186. The van der Waals surface area contributed by atoms with Crippen molar-refractivity contribution in [3.8, 4) is 39.9 Å². The number of rotatable bonds is 4. The molecule has 11 rings (SSSR count). The molecule has 0 spiro atoms. The van der Waals surface area contributed by atoms with Crippen LogP contribution in [0.4, 0.5) is 0 Å². The summed E-state index contributed by atoms with van der Waals surface area (Å²) in [5.74, 6) is 0.310. The molecule has 6 heteroatoms. The van der Waals surface area contributed by atoms with Crippen LogP contribution in [0.2, 0.25) is 0 Å². The molecule has 0 aliphatic heterocycles. The van der Waals surface area contributed by atoms with Gasteiger partial charge < -0.3 is 4.42 Å². The third kappa shape index (κ3) is 4.24. The molecule has 4 aromatic heterocycles. The summed E-state index contributed by atoms with van der Waals surface area (Å²) in [6, 6.07) is 31.8. The predicted octanol–water partition coefficient (Wildman–Crippen LogP) is 12.2. The molecule has 0 radical (unpaired) electrons. The molecule has 0 saturated carbocycles. The highest BCUT2D eigenvalue weighted by Gasteiger charge is 2.22. The molecule has 5 nitrogen and oxygen atoms in total. The van der Waals surface area contributed by atoms with E-state index in [0.29, 0.717) is 22.3 Å². The first-order valence-corrected chi connectivity index (χ1v) is 17.1. The van der Waals surface area contributed by atoms with Crippen LogP contribution in [0.3, 0.4) is 0 Å². The van der Waals surface area contributed by atoms with Crippen LogP contribution in [0, 0.1) is 0 Å². The van der Waals surface area contributed by atoms with E-state index in [9.17, 15) is 0 Å². The molecule has 0 bridgehead atoms. The number of nitrogens with zero attached hydrogens (tertiary/aromatic N) is 4. The van der Waals surface area contributed by atoms with E-state index in [-0.39, 0.29) is 39.4 Å². The molecule has 51 heavy (non-hydrogen) atoms. The van der Waals surface area contributed by atoms with E-state index in [1.54, 1.807) is 11.3 Å². The molecule has 11 aromatic rings. The van der Waals surface area contributed by atoms with Gasteiger partial charge in [0.05, 0.1) is 27.6 Å². The first kappa shape index (κ1) is 21.5. The van der Waals surface area contributed by atoms with Crippen molar-refractivity contribution in [3.05, 3.63) is 158 Å². The first-order chi connectivity index (χ1) is 28.6. The Balaban J connectivity index is 1.22. The average Bonchev–Trinajstić information content (AvgIpc) is 3.97. The molecule has 0 unspecified atom stereocenters. The molecular weight excluding hydrogens is 645 g/mol. The maximum Gasteiger partial charge on any atom is 0.238 e. The Bertz CT molecular complexity index is 3540. The van der Waals surface area contributed by atoms with Gasteiger partial charge in [0.25, 0.3) is 0 Å². The van der Waals surface area contributed by atoms with E-state index >= 15 is 0 Å². The van der Waals surface area contributed by atoms with Gasteiger partial charge in [0, 0.05) is 52.8 Å². The zero-order valence-corrected chi connectivity index (χ0v) is 27.3. The number of aromatic nitrogens is 4. The lowest BCUT2D eigenvalue weighted by Gasteiger charge is -2.11. The number of para-hydroxylation sites is 3. The number of hydrogen-bond donors (Lipinski definition) is 0. The summed E-state index contributed by atoms with van der Waals surface area (Å²) in [5.41, 5.74) is 4.23.